The summed E-state index contributed by atoms with van der Waals surface area (Å²) in [6.45, 7) is 5.01. The van der Waals surface area contributed by atoms with Crippen LogP contribution in [0.5, 0.6) is 5.75 Å². The number of benzene rings is 1. The number of carbonyl (C=O) groups is 1. The molecule has 2 aromatic heterocycles. The number of nitrogens with zero attached hydrogens (tertiary/aromatic N) is 3. The lowest BCUT2D eigenvalue weighted by molar-refractivity contribution is -0.139. The van der Waals surface area contributed by atoms with E-state index in [1.54, 1.807) is 27.0 Å². The third-order valence-corrected chi connectivity index (χ3v) is 4.53. The highest BCUT2D eigenvalue weighted by atomic mass is 19.1. The molecular formula is C21H22FN3O3. The second-order valence-electron chi connectivity index (χ2n) is 6.85. The Balaban J connectivity index is 2.05. The highest BCUT2D eigenvalue weighted by Gasteiger charge is 2.25. The van der Waals surface area contributed by atoms with Crippen molar-refractivity contribution in [2.45, 2.75) is 33.0 Å². The molecule has 0 unspecified atom stereocenters. The number of methoxy groups -OCH3 is 1. The van der Waals surface area contributed by atoms with Gasteiger partial charge in [0.15, 0.2) is 11.6 Å². The summed E-state index contributed by atoms with van der Waals surface area (Å²) in [6.07, 6.45) is 2.64. The molecule has 0 atom stereocenters. The van der Waals surface area contributed by atoms with Gasteiger partial charge in [0.25, 0.3) is 0 Å². The van der Waals surface area contributed by atoms with Crippen molar-refractivity contribution in [3.05, 3.63) is 60.3 Å². The molecule has 0 saturated heterocycles. The molecule has 0 aliphatic rings. The van der Waals surface area contributed by atoms with Gasteiger partial charge in [-0.2, -0.15) is 5.10 Å². The van der Waals surface area contributed by atoms with Gasteiger partial charge in [-0.3, -0.25) is 9.78 Å². The first kappa shape index (κ1) is 19.7. The first-order valence-corrected chi connectivity index (χ1v) is 8.80. The van der Waals surface area contributed by atoms with E-state index in [0.717, 1.165) is 11.8 Å². The van der Waals surface area contributed by atoms with Crippen LogP contribution in [0.25, 0.3) is 16.9 Å². The Morgan fingerprint density at radius 2 is 2.04 bits per heavy atom. The summed E-state index contributed by atoms with van der Waals surface area (Å²) in [5.74, 6) is 0.0994. The van der Waals surface area contributed by atoms with E-state index in [-0.39, 0.29) is 18.1 Å². The summed E-state index contributed by atoms with van der Waals surface area (Å²) in [4.78, 5) is 15.5. The number of pyridine rings is 1. The van der Waals surface area contributed by atoms with E-state index < -0.39 is 11.4 Å². The largest absolute Gasteiger partial charge is 0.497 e. The molecule has 3 rings (SSSR count). The number of Topliss-reactive ketones (excluding diaryl/α,β-unsaturated/α-hetero) is 1. The molecule has 0 spiro atoms. The standard InChI is InChI=1S/C21H22FN3O3/c1-14(26)21(2,3)28-13-16-11-20(15-6-5-7-17(10-15)27-4)25(24-16)19-8-9-23-12-18(19)22/h5-12H,13H2,1-4H3. The normalized spacial score (nSPS) is 11.5. The van der Waals surface area contributed by atoms with Crippen LogP contribution in [0, 0.1) is 5.82 Å². The van der Waals surface area contributed by atoms with Gasteiger partial charge in [-0.1, -0.05) is 12.1 Å². The van der Waals surface area contributed by atoms with E-state index in [1.165, 1.54) is 17.8 Å². The van der Waals surface area contributed by atoms with Gasteiger partial charge in [0.1, 0.15) is 17.0 Å². The first-order chi connectivity index (χ1) is 13.3. The Bertz CT molecular complexity index is 998. The fraction of sp³-hybridized carbons (Fsp3) is 0.286. The Morgan fingerprint density at radius 1 is 1.25 bits per heavy atom. The zero-order valence-electron chi connectivity index (χ0n) is 16.3. The lowest BCUT2D eigenvalue weighted by Gasteiger charge is -2.21. The van der Waals surface area contributed by atoms with Crippen molar-refractivity contribution in [1.29, 1.82) is 0 Å². The van der Waals surface area contributed by atoms with E-state index in [4.69, 9.17) is 9.47 Å². The van der Waals surface area contributed by atoms with Gasteiger partial charge in [-0.25, -0.2) is 9.07 Å². The second-order valence-corrected chi connectivity index (χ2v) is 6.85. The van der Waals surface area contributed by atoms with E-state index in [0.29, 0.717) is 17.1 Å². The van der Waals surface area contributed by atoms with Crippen LogP contribution in [0.15, 0.2) is 48.8 Å². The highest BCUT2D eigenvalue weighted by molar-refractivity contribution is 5.83. The molecule has 1 aromatic carbocycles. The van der Waals surface area contributed by atoms with Crippen molar-refractivity contribution < 1.29 is 18.7 Å². The van der Waals surface area contributed by atoms with Crippen LogP contribution in [0.2, 0.25) is 0 Å². The molecule has 0 saturated carbocycles. The molecule has 6 nitrogen and oxygen atoms in total. The van der Waals surface area contributed by atoms with Crippen molar-refractivity contribution in [2.75, 3.05) is 7.11 Å². The van der Waals surface area contributed by atoms with Gasteiger partial charge in [-0.15, -0.1) is 0 Å². The third kappa shape index (κ3) is 4.09. The third-order valence-electron chi connectivity index (χ3n) is 4.53. The number of aromatic nitrogens is 3. The molecule has 0 N–H and O–H groups in total. The summed E-state index contributed by atoms with van der Waals surface area (Å²) >= 11 is 0. The molecule has 2 heterocycles. The molecule has 0 aliphatic heterocycles. The monoisotopic (exact) mass is 383 g/mol. The molecule has 28 heavy (non-hydrogen) atoms. The minimum absolute atomic E-state index is 0.0832. The number of ether oxygens (including phenoxy) is 2. The summed E-state index contributed by atoms with van der Waals surface area (Å²) in [5.41, 5.74) is 1.39. The lowest BCUT2D eigenvalue weighted by atomic mass is 10.1. The van der Waals surface area contributed by atoms with E-state index in [9.17, 15) is 9.18 Å². The first-order valence-electron chi connectivity index (χ1n) is 8.80. The fourth-order valence-electron chi connectivity index (χ4n) is 2.57. The van der Waals surface area contributed by atoms with Gasteiger partial charge in [0.2, 0.25) is 0 Å². The van der Waals surface area contributed by atoms with Crippen molar-refractivity contribution in [3.8, 4) is 22.7 Å². The summed E-state index contributed by atoms with van der Waals surface area (Å²) in [6, 6.07) is 10.8. The summed E-state index contributed by atoms with van der Waals surface area (Å²) < 4.78 is 26.9. The molecule has 3 aromatic rings. The van der Waals surface area contributed by atoms with Crippen LogP contribution >= 0.6 is 0 Å². The fourth-order valence-corrected chi connectivity index (χ4v) is 2.57. The molecular weight excluding hydrogens is 361 g/mol. The Kier molecular flexibility index (Phi) is 5.56. The number of rotatable bonds is 7. The zero-order chi connectivity index (χ0) is 20.3. The minimum atomic E-state index is -0.929. The smallest absolute Gasteiger partial charge is 0.167 e. The lowest BCUT2D eigenvalue weighted by Crippen LogP contribution is -2.32. The molecule has 0 amide bonds. The van der Waals surface area contributed by atoms with Crippen molar-refractivity contribution in [1.82, 2.24) is 14.8 Å². The Hall–Kier alpha value is -3.06. The predicted octanol–water partition coefficient (Wildman–Crippen LogP) is 3.97. The Morgan fingerprint density at radius 3 is 2.71 bits per heavy atom. The quantitative estimate of drug-likeness (QED) is 0.618. The molecule has 7 heteroatoms. The van der Waals surface area contributed by atoms with Gasteiger partial charge in [0.05, 0.1) is 31.3 Å². The van der Waals surface area contributed by atoms with E-state index in [1.807, 2.05) is 30.3 Å². The van der Waals surface area contributed by atoms with Gasteiger partial charge < -0.3 is 9.47 Å². The number of halogens is 1. The SMILES string of the molecule is COc1cccc(-c2cc(COC(C)(C)C(C)=O)nn2-c2ccncc2F)c1. The van der Waals surface area contributed by atoms with E-state index >= 15 is 0 Å². The van der Waals surface area contributed by atoms with Gasteiger partial charge in [-0.05, 0) is 45.0 Å². The van der Waals surface area contributed by atoms with Crippen molar-refractivity contribution >= 4 is 5.78 Å². The maximum Gasteiger partial charge on any atom is 0.167 e. The highest BCUT2D eigenvalue weighted by Crippen LogP contribution is 2.28. The van der Waals surface area contributed by atoms with Crippen molar-refractivity contribution in [3.63, 3.8) is 0 Å². The van der Waals surface area contributed by atoms with Crippen LogP contribution in [-0.4, -0.2) is 33.3 Å². The van der Waals surface area contributed by atoms with Gasteiger partial charge >= 0.3 is 0 Å². The van der Waals surface area contributed by atoms with Crippen LogP contribution in [-0.2, 0) is 16.1 Å². The Labute approximate surface area is 162 Å². The molecule has 0 aliphatic carbocycles. The number of hydrogen-bond acceptors (Lipinski definition) is 5. The zero-order valence-corrected chi connectivity index (χ0v) is 16.3. The van der Waals surface area contributed by atoms with Crippen LogP contribution in [0.1, 0.15) is 26.5 Å². The number of hydrogen-bond donors (Lipinski definition) is 0. The number of ketones is 1. The predicted molar refractivity (Wildman–Crippen MR) is 103 cm³/mol. The summed E-state index contributed by atoms with van der Waals surface area (Å²) in [7, 11) is 1.59. The maximum absolute atomic E-state index is 14.4. The van der Waals surface area contributed by atoms with Crippen LogP contribution in [0.3, 0.4) is 0 Å². The van der Waals surface area contributed by atoms with E-state index in [2.05, 4.69) is 10.1 Å². The van der Waals surface area contributed by atoms with Crippen LogP contribution < -0.4 is 4.74 Å². The van der Waals surface area contributed by atoms with Crippen LogP contribution in [0.4, 0.5) is 4.39 Å². The van der Waals surface area contributed by atoms with Crippen molar-refractivity contribution in [2.24, 2.45) is 0 Å². The molecule has 0 bridgehead atoms. The molecule has 0 radical (unpaired) electrons. The average molecular weight is 383 g/mol. The maximum atomic E-state index is 14.4. The minimum Gasteiger partial charge on any atom is -0.497 e. The summed E-state index contributed by atoms with van der Waals surface area (Å²) in [5, 5.41) is 4.51. The average Bonchev–Trinajstić information content (AvgIpc) is 3.11. The topological polar surface area (TPSA) is 66.2 Å². The second kappa shape index (κ2) is 7.90. The molecule has 146 valence electrons. The number of carbonyl (C=O) groups excluding carboxylic acids is 1. The van der Waals surface area contributed by atoms with Gasteiger partial charge in [0, 0.05) is 11.8 Å². The molecule has 0 fully saturated rings.